The van der Waals surface area contributed by atoms with Crippen LogP contribution in [0.3, 0.4) is 0 Å². The molecule has 0 aliphatic carbocycles. The van der Waals surface area contributed by atoms with Crippen LogP contribution in [0, 0.1) is 13.8 Å². The maximum Gasteiger partial charge on any atom is 0.343 e. The molecule has 0 heterocycles. The summed E-state index contributed by atoms with van der Waals surface area (Å²) in [5, 5.41) is 0. The molecule has 0 radical (unpaired) electrons. The van der Waals surface area contributed by atoms with Gasteiger partial charge in [-0.05, 0) is 49.2 Å². The van der Waals surface area contributed by atoms with Crippen LogP contribution in [-0.4, -0.2) is 11.8 Å². The van der Waals surface area contributed by atoms with E-state index in [0.717, 1.165) is 16.7 Å². The van der Waals surface area contributed by atoms with E-state index in [1.54, 1.807) is 36.4 Å². The summed E-state index contributed by atoms with van der Waals surface area (Å²) in [7, 11) is 0. The van der Waals surface area contributed by atoms with Crippen molar-refractivity contribution >= 4 is 17.8 Å². The third-order valence-electron chi connectivity index (χ3n) is 4.20. The first kappa shape index (κ1) is 18.3. The van der Waals surface area contributed by atoms with Crippen molar-refractivity contribution in [3.05, 3.63) is 107 Å². The van der Waals surface area contributed by atoms with Gasteiger partial charge in [-0.2, -0.15) is 0 Å². The molecule has 0 saturated carbocycles. The molecule has 0 N–H and O–H groups in total. The van der Waals surface area contributed by atoms with Gasteiger partial charge in [-0.1, -0.05) is 66.2 Å². The van der Waals surface area contributed by atoms with Gasteiger partial charge in [0.1, 0.15) is 5.75 Å². The number of aryl methyl sites for hydroxylation is 2. The zero-order valence-corrected chi connectivity index (χ0v) is 15.3. The average Bonchev–Trinajstić information content (AvgIpc) is 2.67. The summed E-state index contributed by atoms with van der Waals surface area (Å²) in [5.41, 5.74) is 3.93. The van der Waals surface area contributed by atoms with Gasteiger partial charge in [0.15, 0.2) is 5.78 Å². The predicted molar refractivity (Wildman–Crippen MR) is 107 cm³/mol. The van der Waals surface area contributed by atoms with Gasteiger partial charge >= 0.3 is 5.97 Å². The molecule has 3 aromatic rings. The number of rotatable bonds is 5. The molecule has 0 aliphatic rings. The molecule has 0 atom stereocenters. The van der Waals surface area contributed by atoms with Crippen molar-refractivity contribution in [1.29, 1.82) is 0 Å². The van der Waals surface area contributed by atoms with E-state index in [-0.39, 0.29) is 5.78 Å². The lowest BCUT2D eigenvalue weighted by Crippen LogP contribution is -2.10. The Morgan fingerprint density at radius 2 is 1.59 bits per heavy atom. The average molecular weight is 356 g/mol. The molecule has 3 rings (SSSR count). The number of benzene rings is 3. The van der Waals surface area contributed by atoms with Crippen LogP contribution >= 0.6 is 0 Å². The molecule has 0 aliphatic heterocycles. The largest absolute Gasteiger partial charge is 0.423 e. The molecule has 0 amide bonds. The van der Waals surface area contributed by atoms with Gasteiger partial charge in [0.05, 0.1) is 5.56 Å². The molecular formula is C24H20O3. The highest BCUT2D eigenvalue weighted by Crippen LogP contribution is 2.18. The molecule has 0 unspecified atom stereocenters. The normalized spacial score (nSPS) is 10.7. The van der Waals surface area contributed by atoms with E-state index >= 15 is 0 Å². The third kappa shape index (κ3) is 4.79. The summed E-state index contributed by atoms with van der Waals surface area (Å²) >= 11 is 0. The second-order valence-electron chi connectivity index (χ2n) is 6.34. The Balaban J connectivity index is 1.72. The highest BCUT2D eigenvalue weighted by Gasteiger charge is 2.11. The summed E-state index contributed by atoms with van der Waals surface area (Å²) in [6.07, 6.45) is 3.24. The van der Waals surface area contributed by atoms with Gasteiger partial charge in [-0.25, -0.2) is 4.79 Å². The van der Waals surface area contributed by atoms with E-state index in [2.05, 4.69) is 0 Å². The van der Waals surface area contributed by atoms with Gasteiger partial charge in [0.25, 0.3) is 0 Å². The topological polar surface area (TPSA) is 43.4 Å². The number of carbonyl (C=O) groups excluding carboxylic acids is 2. The van der Waals surface area contributed by atoms with Crippen molar-refractivity contribution < 1.29 is 14.3 Å². The van der Waals surface area contributed by atoms with Crippen LogP contribution in [0.5, 0.6) is 5.75 Å². The predicted octanol–water partition coefficient (Wildman–Crippen LogP) is 5.42. The Hall–Kier alpha value is -3.46. The van der Waals surface area contributed by atoms with Crippen LogP contribution in [0.1, 0.15) is 37.4 Å². The molecule has 0 aromatic heterocycles. The van der Waals surface area contributed by atoms with E-state index in [0.29, 0.717) is 16.9 Å². The van der Waals surface area contributed by atoms with Crippen LogP contribution in [0.25, 0.3) is 6.08 Å². The minimum absolute atomic E-state index is 0.0719. The molecule has 0 spiro atoms. The number of hydrogen-bond acceptors (Lipinski definition) is 3. The zero-order chi connectivity index (χ0) is 19.2. The van der Waals surface area contributed by atoms with Crippen molar-refractivity contribution in [3.63, 3.8) is 0 Å². The third-order valence-corrected chi connectivity index (χ3v) is 4.20. The van der Waals surface area contributed by atoms with Crippen molar-refractivity contribution in [2.75, 3.05) is 0 Å². The van der Waals surface area contributed by atoms with E-state index in [1.165, 1.54) is 6.08 Å². The van der Waals surface area contributed by atoms with Crippen molar-refractivity contribution in [3.8, 4) is 5.75 Å². The number of carbonyl (C=O) groups is 2. The number of allylic oxidation sites excluding steroid dienone is 1. The molecule has 27 heavy (non-hydrogen) atoms. The molecule has 3 nitrogen and oxygen atoms in total. The number of hydrogen-bond donors (Lipinski definition) is 0. The van der Waals surface area contributed by atoms with Crippen LogP contribution in [-0.2, 0) is 0 Å². The van der Waals surface area contributed by atoms with Crippen LogP contribution in [0.2, 0.25) is 0 Å². The molecule has 3 heteroatoms. The fourth-order valence-corrected chi connectivity index (χ4v) is 2.63. The maximum atomic E-state index is 12.3. The Bertz CT molecular complexity index is 998. The fourth-order valence-electron chi connectivity index (χ4n) is 2.63. The van der Waals surface area contributed by atoms with Crippen LogP contribution < -0.4 is 4.74 Å². The lowest BCUT2D eigenvalue weighted by Gasteiger charge is -2.07. The number of esters is 1. The molecule has 0 fully saturated rings. The smallest absolute Gasteiger partial charge is 0.343 e. The Labute approximate surface area is 158 Å². The minimum atomic E-state index is -0.398. The molecule has 134 valence electrons. The van der Waals surface area contributed by atoms with Gasteiger partial charge < -0.3 is 4.74 Å². The van der Waals surface area contributed by atoms with Crippen LogP contribution in [0.4, 0.5) is 0 Å². The Kier molecular flexibility index (Phi) is 5.62. The lowest BCUT2D eigenvalue weighted by molar-refractivity contribution is 0.0733. The summed E-state index contributed by atoms with van der Waals surface area (Å²) in [6.45, 7) is 3.85. The highest BCUT2D eigenvalue weighted by molar-refractivity contribution is 6.06. The first-order valence-electron chi connectivity index (χ1n) is 8.70. The first-order valence-corrected chi connectivity index (χ1v) is 8.70. The minimum Gasteiger partial charge on any atom is -0.423 e. The Morgan fingerprint density at radius 3 is 2.33 bits per heavy atom. The second kappa shape index (κ2) is 8.28. The standard InChI is InChI=1S/C24H20O3/c1-17-10-13-20(14-11-17)23(25)15-12-19-7-5-8-21(16-19)27-24(26)22-9-4-3-6-18(22)2/h3-16H,1-2H3/b15-12+. The van der Waals surface area contributed by atoms with E-state index < -0.39 is 5.97 Å². The lowest BCUT2D eigenvalue weighted by atomic mass is 10.1. The second-order valence-corrected chi connectivity index (χ2v) is 6.34. The quantitative estimate of drug-likeness (QED) is 0.265. The highest BCUT2D eigenvalue weighted by atomic mass is 16.5. The zero-order valence-electron chi connectivity index (χ0n) is 15.3. The molecule has 0 saturated heterocycles. The maximum absolute atomic E-state index is 12.3. The summed E-state index contributed by atoms with van der Waals surface area (Å²) < 4.78 is 5.47. The van der Waals surface area contributed by atoms with E-state index in [9.17, 15) is 9.59 Å². The van der Waals surface area contributed by atoms with Crippen LogP contribution in [0.15, 0.2) is 78.9 Å². The molecule has 3 aromatic carbocycles. The monoisotopic (exact) mass is 356 g/mol. The summed E-state index contributed by atoms with van der Waals surface area (Å²) in [4.78, 5) is 24.6. The first-order chi connectivity index (χ1) is 13.0. The van der Waals surface area contributed by atoms with Gasteiger partial charge in [0, 0.05) is 5.56 Å². The molecular weight excluding hydrogens is 336 g/mol. The number of ether oxygens (including phenoxy) is 1. The van der Waals surface area contributed by atoms with Crippen molar-refractivity contribution in [1.82, 2.24) is 0 Å². The number of ketones is 1. The van der Waals surface area contributed by atoms with E-state index in [4.69, 9.17) is 4.74 Å². The summed E-state index contributed by atoms with van der Waals surface area (Å²) in [5.74, 6) is -0.0320. The van der Waals surface area contributed by atoms with Gasteiger partial charge in [0.2, 0.25) is 0 Å². The van der Waals surface area contributed by atoms with E-state index in [1.807, 2.05) is 56.3 Å². The van der Waals surface area contributed by atoms with Gasteiger partial charge in [-0.15, -0.1) is 0 Å². The van der Waals surface area contributed by atoms with Gasteiger partial charge in [-0.3, -0.25) is 4.79 Å². The Morgan fingerprint density at radius 1 is 0.852 bits per heavy atom. The van der Waals surface area contributed by atoms with Crippen molar-refractivity contribution in [2.45, 2.75) is 13.8 Å². The summed E-state index contributed by atoms with van der Waals surface area (Å²) in [6, 6.07) is 21.8. The SMILES string of the molecule is Cc1ccc(C(=O)/C=C/c2cccc(OC(=O)c3ccccc3C)c2)cc1. The fraction of sp³-hybridized carbons (Fsp3) is 0.0833. The van der Waals surface area contributed by atoms with Crippen molar-refractivity contribution in [2.24, 2.45) is 0 Å². The molecule has 0 bridgehead atoms.